The van der Waals surface area contributed by atoms with Gasteiger partial charge in [0.1, 0.15) is 12.1 Å². The minimum absolute atomic E-state index is 0.0485. The van der Waals surface area contributed by atoms with Gasteiger partial charge in [-0.3, -0.25) is 14.5 Å². The van der Waals surface area contributed by atoms with Crippen molar-refractivity contribution in [3.8, 4) is 0 Å². The number of hydrogen-bond donors (Lipinski definition) is 1. The monoisotopic (exact) mass is 385 g/mol. The first-order valence-electron chi connectivity index (χ1n) is 9.35. The third kappa shape index (κ3) is 3.33. The molecule has 3 fully saturated rings. The lowest BCUT2D eigenvalue weighted by Crippen LogP contribution is -2.51. The minimum Gasteiger partial charge on any atom is -0.334 e. The average molecular weight is 385 g/mol. The predicted octanol–water partition coefficient (Wildman–Crippen LogP) is 0.665. The molecule has 2 saturated heterocycles. The van der Waals surface area contributed by atoms with Gasteiger partial charge in [0.2, 0.25) is 5.91 Å². The van der Waals surface area contributed by atoms with Crippen molar-refractivity contribution >= 4 is 27.7 Å². The van der Waals surface area contributed by atoms with Crippen LogP contribution in [0.4, 0.5) is 4.79 Å². The van der Waals surface area contributed by atoms with E-state index < -0.39 is 21.4 Å². The number of nitrogens with zero attached hydrogens (tertiary/aromatic N) is 2. The molecule has 0 bridgehead atoms. The van der Waals surface area contributed by atoms with Crippen LogP contribution in [0.2, 0.25) is 0 Å². The Morgan fingerprint density at radius 2 is 2.00 bits per heavy atom. The smallest absolute Gasteiger partial charge is 0.325 e. The summed E-state index contributed by atoms with van der Waals surface area (Å²) < 4.78 is 23.7. The number of carbonyl (C=O) groups is 3. The number of hydrogen-bond acceptors (Lipinski definition) is 5. The maximum atomic E-state index is 12.9. The molecule has 0 radical (unpaired) electrons. The fourth-order valence-electron chi connectivity index (χ4n) is 4.35. The molecule has 0 aromatic heterocycles. The van der Waals surface area contributed by atoms with Crippen molar-refractivity contribution in [3.63, 3.8) is 0 Å². The molecule has 2 heterocycles. The Kier molecular flexibility index (Phi) is 5.02. The number of rotatable bonds is 5. The summed E-state index contributed by atoms with van der Waals surface area (Å²) in [4.78, 5) is 40.6. The van der Waals surface area contributed by atoms with Crippen LogP contribution in [0.3, 0.4) is 0 Å². The molecule has 0 aromatic carbocycles. The van der Waals surface area contributed by atoms with Crippen molar-refractivity contribution in [1.82, 2.24) is 15.1 Å². The summed E-state index contributed by atoms with van der Waals surface area (Å²) >= 11 is 0. The molecule has 0 unspecified atom stereocenters. The topological polar surface area (TPSA) is 104 Å². The Bertz CT molecular complexity index is 714. The second-order valence-corrected chi connectivity index (χ2v) is 9.95. The SMILES string of the molecule is CC[C@@H](C)N(C(=O)CN1C(=O)NC2(CCCC2)C1=O)[C@H]1CCS(=O)(=O)C1. The summed E-state index contributed by atoms with van der Waals surface area (Å²) in [7, 11) is -3.14. The molecular formula is C17H27N3O5S. The number of imide groups is 1. The molecule has 1 N–H and O–H groups in total. The first-order valence-corrected chi connectivity index (χ1v) is 11.2. The van der Waals surface area contributed by atoms with Crippen molar-refractivity contribution in [2.24, 2.45) is 0 Å². The van der Waals surface area contributed by atoms with E-state index in [1.807, 2.05) is 13.8 Å². The van der Waals surface area contributed by atoms with Crippen molar-refractivity contribution in [1.29, 1.82) is 0 Å². The van der Waals surface area contributed by atoms with E-state index in [1.165, 1.54) is 0 Å². The summed E-state index contributed by atoms with van der Waals surface area (Å²) in [5.74, 6) is -0.659. The highest BCUT2D eigenvalue weighted by molar-refractivity contribution is 7.91. The van der Waals surface area contributed by atoms with Crippen LogP contribution in [0.15, 0.2) is 0 Å². The number of carbonyl (C=O) groups excluding carboxylic acids is 3. The quantitative estimate of drug-likeness (QED) is 0.701. The van der Waals surface area contributed by atoms with E-state index in [4.69, 9.17) is 0 Å². The zero-order valence-corrected chi connectivity index (χ0v) is 16.2. The summed E-state index contributed by atoms with van der Waals surface area (Å²) in [6.45, 7) is 3.47. The summed E-state index contributed by atoms with van der Waals surface area (Å²) in [5.41, 5.74) is -0.838. The highest BCUT2D eigenvalue weighted by Gasteiger charge is 2.53. The van der Waals surface area contributed by atoms with Crippen molar-refractivity contribution in [2.45, 2.75) is 70.0 Å². The van der Waals surface area contributed by atoms with E-state index in [9.17, 15) is 22.8 Å². The standard InChI is InChI=1S/C17H27N3O5S/c1-3-12(2)20(13-6-9-26(24,25)11-13)14(21)10-19-15(22)17(18-16(19)23)7-4-5-8-17/h12-13H,3-11H2,1-2H3,(H,18,23)/t12-,13+/m1/s1. The van der Waals surface area contributed by atoms with Crippen LogP contribution in [-0.2, 0) is 19.4 Å². The van der Waals surface area contributed by atoms with Crippen LogP contribution in [0, 0.1) is 0 Å². The molecule has 0 aromatic rings. The largest absolute Gasteiger partial charge is 0.334 e. The lowest BCUT2D eigenvalue weighted by molar-refractivity contribution is -0.141. The van der Waals surface area contributed by atoms with Gasteiger partial charge in [-0.1, -0.05) is 19.8 Å². The van der Waals surface area contributed by atoms with Crippen LogP contribution in [0.1, 0.15) is 52.4 Å². The highest BCUT2D eigenvalue weighted by Crippen LogP contribution is 2.35. The average Bonchev–Trinajstić information content (AvgIpc) is 3.24. The second-order valence-electron chi connectivity index (χ2n) is 7.73. The van der Waals surface area contributed by atoms with Crippen molar-refractivity contribution in [2.75, 3.05) is 18.1 Å². The van der Waals surface area contributed by atoms with E-state index >= 15 is 0 Å². The van der Waals surface area contributed by atoms with Crippen LogP contribution in [0.25, 0.3) is 0 Å². The first-order chi connectivity index (χ1) is 12.2. The molecule has 2 aliphatic heterocycles. The van der Waals surface area contributed by atoms with E-state index in [0.29, 0.717) is 25.7 Å². The van der Waals surface area contributed by atoms with Gasteiger partial charge in [0.05, 0.1) is 11.5 Å². The molecule has 1 spiro atoms. The number of amides is 4. The molecule has 1 aliphatic carbocycles. The fourth-order valence-corrected chi connectivity index (χ4v) is 6.07. The van der Waals surface area contributed by atoms with Crippen LogP contribution >= 0.6 is 0 Å². The molecular weight excluding hydrogens is 358 g/mol. The number of nitrogens with one attached hydrogen (secondary N) is 1. The molecule has 9 heteroatoms. The summed E-state index contributed by atoms with van der Waals surface area (Å²) in [5, 5.41) is 2.77. The molecule has 146 valence electrons. The maximum absolute atomic E-state index is 12.9. The van der Waals surface area contributed by atoms with Gasteiger partial charge in [0.25, 0.3) is 5.91 Å². The van der Waals surface area contributed by atoms with Gasteiger partial charge >= 0.3 is 6.03 Å². The molecule has 2 atom stereocenters. The van der Waals surface area contributed by atoms with E-state index in [1.54, 1.807) is 4.90 Å². The fraction of sp³-hybridized carbons (Fsp3) is 0.824. The Balaban J connectivity index is 1.76. The van der Waals surface area contributed by atoms with Gasteiger partial charge in [-0.25, -0.2) is 13.2 Å². The normalized spacial score (nSPS) is 27.8. The van der Waals surface area contributed by atoms with E-state index in [2.05, 4.69) is 5.32 Å². The third-order valence-electron chi connectivity index (χ3n) is 5.95. The molecule has 8 nitrogen and oxygen atoms in total. The Morgan fingerprint density at radius 3 is 2.54 bits per heavy atom. The summed E-state index contributed by atoms with van der Waals surface area (Å²) in [6, 6.07) is -1.06. The molecule has 4 amide bonds. The summed E-state index contributed by atoms with van der Waals surface area (Å²) in [6.07, 6.45) is 4.06. The molecule has 26 heavy (non-hydrogen) atoms. The van der Waals surface area contributed by atoms with Crippen molar-refractivity contribution in [3.05, 3.63) is 0 Å². The maximum Gasteiger partial charge on any atom is 0.325 e. The Labute approximate surface area is 154 Å². The van der Waals surface area contributed by atoms with Crippen molar-refractivity contribution < 1.29 is 22.8 Å². The van der Waals surface area contributed by atoms with Gasteiger partial charge in [-0.05, 0) is 32.6 Å². The van der Waals surface area contributed by atoms with Gasteiger partial charge in [-0.2, -0.15) is 0 Å². The highest BCUT2D eigenvalue weighted by atomic mass is 32.2. The lowest BCUT2D eigenvalue weighted by Gasteiger charge is -2.34. The van der Waals surface area contributed by atoms with Crippen LogP contribution in [0.5, 0.6) is 0 Å². The zero-order chi connectivity index (χ0) is 19.1. The van der Waals surface area contributed by atoms with Gasteiger partial charge in [0.15, 0.2) is 9.84 Å². The molecule has 3 aliphatic rings. The van der Waals surface area contributed by atoms with Crippen LogP contribution in [-0.4, -0.2) is 71.7 Å². The zero-order valence-electron chi connectivity index (χ0n) is 15.4. The minimum atomic E-state index is -3.14. The number of urea groups is 1. The molecule has 1 saturated carbocycles. The number of sulfone groups is 1. The van der Waals surface area contributed by atoms with E-state index in [-0.39, 0.29) is 41.9 Å². The third-order valence-corrected chi connectivity index (χ3v) is 7.70. The Morgan fingerprint density at radius 1 is 1.35 bits per heavy atom. The lowest BCUT2D eigenvalue weighted by atomic mass is 9.98. The van der Waals surface area contributed by atoms with E-state index in [0.717, 1.165) is 17.7 Å². The van der Waals surface area contributed by atoms with Gasteiger partial charge in [-0.15, -0.1) is 0 Å². The van der Waals surface area contributed by atoms with Gasteiger partial charge < -0.3 is 10.2 Å². The Hall–Kier alpha value is -1.64. The first kappa shape index (κ1) is 19.1. The van der Waals surface area contributed by atoms with Crippen LogP contribution < -0.4 is 5.32 Å². The molecule has 3 rings (SSSR count). The van der Waals surface area contributed by atoms with Gasteiger partial charge in [0, 0.05) is 12.1 Å². The second kappa shape index (κ2) is 6.83. The predicted molar refractivity (Wildman–Crippen MR) is 95.1 cm³/mol.